The number of methoxy groups -OCH3 is 1. The molecule has 2 aromatic carbocycles. The predicted molar refractivity (Wildman–Crippen MR) is 122 cm³/mol. The molecule has 1 aromatic heterocycles. The number of hydrogen-bond acceptors (Lipinski definition) is 8. The van der Waals surface area contributed by atoms with Gasteiger partial charge in [-0.25, -0.2) is 22.0 Å². The molecule has 2 N–H and O–H groups in total. The van der Waals surface area contributed by atoms with Gasteiger partial charge in [-0.1, -0.05) is 29.5 Å². The number of benzene rings is 2. The van der Waals surface area contributed by atoms with Crippen LogP contribution in [0.3, 0.4) is 0 Å². The fraction of sp³-hybridized carbons (Fsp3) is 0.250. The zero-order chi connectivity index (χ0) is 24.2. The third-order valence-corrected chi connectivity index (χ3v) is 8.34. The highest BCUT2D eigenvalue weighted by molar-refractivity contribution is 7.91. The largest absolute Gasteiger partial charge is 0.469 e. The number of fused-ring (bicyclic) bond motifs is 1. The Morgan fingerprint density at radius 3 is 2.36 bits per heavy atom. The summed E-state index contributed by atoms with van der Waals surface area (Å²) in [6.07, 6.45) is -0.353. The maximum absolute atomic E-state index is 12.5. The van der Waals surface area contributed by atoms with Crippen molar-refractivity contribution in [1.29, 1.82) is 0 Å². The first kappa shape index (κ1) is 24.8. The van der Waals surface area contributed by atoms with Crippen LogP contribution in [0, 0.1) is 0 Å². The lowest BCUT2D eigenvalue weighted by Crippen LogP contribution is -2.20. The van der Waals surface area contributed by atoms with E-state index in [4.69, 9.17) is 5.14 Å². The first-order valence-corrected chi connectivity index (χ1v) is 13.6. The van der Waals surface area contributed by atoms with Gasteiger partial charge in [-0.05, 0) is 30.3 Å². The summed E-state index contributed by atoms with van der Waals surface area (Å²) in [5, 5.41) is 5.19. The molecule has 0 atom stereocenters. The zero-order valence-electron chi connectivity index (χ0n) is 17.5. The van der Waals surface area contributed by atoms with Gasteiger partial charge in [0.05, 0.1) is 39.3 Å². The number of thiazole rings is 1. The number of amides is 1. The number of nitrogens with zero attached hydrogens (tertiary/aromatic N) is 2. The van der Waals surface area contributed by atoms with Crippen LogP contribution in [0.2, 0.25) is 0 Å². The number of ether oxygens (including phenoxy) is 1. The quantitative estimate of drug-likeness (QED) is 0.446. The molecule has 1 amide bonds. The van der Waals surface area contributed by atoms with Crippen LogP contribution in [0.5, 0.6) is 0 Å². The number of nitrogens with two attached hydrogens (primary N) is 1. The summed E-state index contributed by atoms with van der Waals surface area (Å²) < 4.78 is 54.9. The number of primary sulfonamides is 1. The molecular weight excluding hydrogens is 490 g/mol. The lowest BCUT2D eigenvalue weighted by Gasteiger charge is -2.05. The van der Waals surface area contributed by atoms with Crippen LogP contribution in [0.25, 0.3) is 10.2 Å². The summed E-state index contributed by atoms with van der Waals surface area (Å²) in [5.41, 5.74) is 0.541. The fourth-order valence-electron chi connectivity index (χ4n) is 2.97. The molecular formula is C20H21N3O7S3. The van der Waals surface area contributed by atoms with Crippen molar-refractivity contribution in [3.05, 3.63) is 53.3 Å². The highest BCUT2D eigenvalue weighted by Crippen LogP contribution is 2.22. The lowest BCUT2D eigenvalue weighted by molar-refractivity contribution is -0.140. The number of sulfone groups is 1. The third kappa shape index (κ3) is 6.13. The molecule has 1 heterocycles. The minimum atomic E-state index is -3.94. The van der Waals surface area contributed by atoms with Crippen LogP contribution < -0.4 is 9.94 Å². The third-order valence-electron chi connectivity index (χ3n) is 4.66. The SMILES string of the molecule is COC(=O)CCn1c(=NC(=O)CCS(=O)(=O)c2ccccc2)sc2cc(S(N)(=O)=O)ccc21. The molecule has 10 nitrogen and oxygen atoms in total. The number of aryl methyl sites for hydroxylation is 1. The van der Waals surface area contributed by atoms with Gasteiger partial charge in [0.1, 0.15) is 0 Å². The van der Waals surface area contributed by atoms with Crippen LogP contribution in [-0.2, 0) is 40.7 Å². The maximum Gasteiger partial charge on any atom is 0.307 e. The second-order valence-corrected chi connectivity index (χ2v) is 11.6. The highest BCUT2D eigenvalue weighted by Gasteiger charge is 2.17. The first-order chi connectivity index (χ1) is 15.5. The Morgan fingerprint density at radius 2 is 1.73 bits per heavy atom. The molecule has 176 valence electrons. The van der Waals surface area contributed by atoms with Crippen molar-refractivity contribution in [2.24, 2.45) is 10.1 Å². The Morgan fingerprint density at radius 1 is 1.03 bits per heavy atom. The number of aromatic nitrogens is 1. The Hall–Kier alpha value is -2.87. The number of sulfonamides is 1. The zero-order valence-corrected chi connectivity index (χ0v) is 20.0. The summed E-state index contributed by atoms with van der Waals surface area (Å²) in [6, 6.07) is 12.0. The monoisotopic (exact) mass is 511 g/mol. The van der Waals surface area contributed by atoms with E-state index in [9.17, 15) is 26.4 Å². The summed E-state index contributed by atoms with van der Waals surface area (Å²) in [7, 11) is -6.35. The van der Waals surface area contributed by atoms with Crippen molar-refractivity contribution < 1.29 is 31.2 Å². The average Bonchev–Trinajstić information content (AvgIpc) is 3.12. The van der Waals surface area contributed by atoms with Crippen molar-refractivity contribution in [3.8, 4) is 0 Å². The van der Waals surface area contributed by atoms with Crippen LogP contribution in [0.15, 0.2) is 63.3 Å². The van der Waals surface area contributed by atoms with Crippen molar-refractivity contribution in [2.45, 2.75) is 29.2 Å². The van der Waals surface area contributed by atoms with Crippen molar-refractivity contribution in [3.63, 3.8) is 0 Å². The minimum Gasteiger partial charge on any atom is -0.469 e. The smallest absolute Gasteiger partial charge is 0.307 e. The molecule has 3 rings (SSSR count). The summed E-state index contributed by atoms with van der Waals surface area (Å²) >= 11 is 1.03. The molecule has 3 aromatic rings. The van der Waals surface area contributed by atoms with Crippen molar-refractivity contribution in [2.75, 3.05) is 12.9 Å². The van der Waals surface area contributed by atoms with Crippen LogP contribution >= 0.6 is 11.3 Å². The molecule has 0 spiro atoms. The van der Waals surface area contributed by atoms with Crippen LogP contribution in [0.1, 0.15) is 12.8 Å². The van der Waals surface area contributed by atoms with Gasteiger partial charge >= 0.3 is 5.97 Å². The van der Waals surface area contributed by atoms with Crippen molar-refractivity contribution >= 4 is 53.3 Å². The van der Waals surface area contributed by atoms with Crippen molar-refractivity contribution in [1.82, 2.24) is 4.57 Å². The highest BCUT2D eigenvalue weighted by atomic mass is 32.2. The number of hydrogen-bond donors (Lipinski definition) is 1. The molecule has 33 heavy (non-hydrogen) atoms. The molecule has 13 heteroatoms. The van der Waals surface area contributed by atoms with E-state index in [0.717, 1.165) is 11.3 Å². The first-order valence-electron chi connectivity index (χ1n) is 9.59. The molecule has 0 radical (unpaired) electrons. The second kappa shape index (κ2) is 9.95. The number of carbonyl (C=O) groups excluding carboxylic acids is 2. The molecule has 0 aliphatic carbocycles. The van der Waals surface area contributed by atoms with Gasteiger partial charge in [-0.15, -0.1) is 0 Å². The molecule has 0 saturated heterocycles. The molecule has 0 saturated carbocycles. The molecule has 0 aliphatic rings. The van der Waals surface area contributed by atoms with Gasteiger partial charge < -0.3 is 9.30 Å². The normalized spacial score (nSPS) is 12.7. The Labute approximate surface area is 194 Å². The Kier molecular flexibility index (Phi) is 7.47. The number of rotatable bonds is 8. The molecule has 0 fully saturated rings. The van der Waals surface area contributed by atoms with E-state index < -0.39 is 37.5 Å². The molecule has 0 bridgehead atoms. The minimum absolute atomic E-state index is 0.0109. The Balaban J connectivity index is 1.95. The maximum atomic E-state index is 12.5. The topological polar surface area (TPSA) is 155 Å². The summed E-state index contributed by atoms with van der Waals surface area (Å²) in [6.45, 7) is 0.121. The number of carbonyl (C=O) groups is 2. The number of esters is 1. The van der Waals surface area contributed by atoms with E-state index in [0.29, 0.717) is 10.2 Å². The van der Waals surface area contributed by atoms with Gasteiger partial charge in [0.2, 0.25) is 15.9 Å². The lowest BCUT2D eigenvalue weighted by atomic mass is 10.3. The standard InChI is InChI=1S/C20H21N3O7S3/c1-30-19(25)9-11-23-16-8-7-15(33(21,28)29)13-17(16)31-20(23)22-18(24)10-12-32(26,27)14-5-3-2-4-6-14/h2-8,13H,9-12H2,1H3,(H2,21,28,29). The van der Waals surface area contributed by atoms with Gasteiger partial charge in [0.15, 0.2) is 14.6 Å². The van der Waals surface area contributed by atoms with E-state index in [2.05, 4.69) is 9.73 Å². The summed E-state index contributed by atoms with van der Waals surface area (Å²) in [4.78, 5) is 28.3. The van der Waals surface area contributed by atoms with E-state index in [1.54, 1.807) is 22.8 Å². The second-order valence-electron chi connectivity index (χ2n) is 6.92. The fourth-order valence-corrected chi connectivity index (χ4v) is 5.94. The van der Waals surface area contributed by atoms with E-state index in [-0.39, 0.29) is 34.0 Å². The van der Waals surface area contributed by atoms with Gasteiger partial charge in [-0.2, -0.15) is 4.99 Å². The predicted octanol–water partition coefficient (Wildman–Crippen LogP) is 1.20. The van der Waals surface area contributed by atoms with Crippen LogP contribution in [-0.4, -0.2) is 46.1 Å². The molecule has 0 aliphatic heterocycles. The van der Waals surface area contributed by atoms with Gasteiger partial charge in [0, 0.05) is 13.0 Å². The molecule has 0 unspecified atom stereocenters. The van der Waals surface area contributed by atoms with Crippen LogP contribution in [0.4, 0.5) is 0 Å². The van der Waals surface area contributed by atoms with E-state index in [1.165, 1.54) is 37.4 Å². The Bertz CT molecular complexity index is 1470. The summed E-state index contributed by atoms with van der Waals surface area (Å²) in [5.74, 6) is -1.56. The van der Waals surface area contributed by atoms with Gasteiger partial charge in [-0.3, -0.25) is 9.59 Å². The van der Waals surface area contributed by atoms with Gasteiger partial charge in [0.25, 0.3) is 0 Å². The van der Waals surface area contributed by atoms with E-state index >= 15 is 0 Å². The van der Waals surface area contributed by atoms with E-state index in [1.807, 2.05) is 0 Å². The average molecular weight is 512 g/mol.